The van der Waals surface area contributed by atoms with Crippen LogP contribution in [0.25, 0.3) is 34.2 Å². The number of hydrogen-bond donors (Lipinski definition) is 2. The molecule has 0 unspecified atom stereocenters. The van der Waals surface area contributed by atoms with Crippen LogP contribution in [0, 0.1) is 18.3 Å². The van der Waals surface area contributed by atoms with Crippen LogP contribution in [0.2, 0.25) is 0 Å². The molecule has 10 heteroatoms. The Bertz CT molecular complexity index is 1860. The third kappa shape index (κ3) is 5.92. The number of aromatic nitrogens is 1. The molecule has 2 heterocycles. The lowest BCUT2D eigenvalue weighted by Gasteiger charge is -2.05. The van der Waals surface area contributed by atoms with E-state index in [0.717, 1.165) is 11.1 Å². The van der Waals surface area contributed by atoms with Crippen LogP contribution in [-0.2, 0) is 10.0 Å². The molecule has 0 fully saturated rings. The molecule has 5 aromatic rings. The van der Waals surface area contributed by atoms with Crippen LogP contribution in [-0.4, -0.2) is 19.3 Å². The summed E-state index contributed by atoms with van der Waals surface area (Å²) in [6.07, 6.45) is 1.57. The number of primary sulfonamides is 1. The lowest BCUT2D eigenvalue weighted by molar-refractivity contribution is 0.102. The Hall–Kier alpha value is -4.82. The Morgan fingerprint density at radius 2 is 1.65 bits per heavy atom. The summed E-state index contributed by atoms with van der Waals surface area (Å²) < 4.78 is 29.0. The fraction of sp³-hybridized carbons (Fsp3) is 0.0333. The summed E-state index contributed by atoms with van der Waals surface area (Å²) in [6.45, 7) is 1.98. The van der Waals surface area contributed by atoms with E-state index in [2.05, 4.69) is 11.4 Å². The van der Waals surface area contributed by atoms with Crippen molar-refractivity contribution in [2.75, 3.05) is 5.32 Å². The van der Waals surface area contributed by atoms with Gasteiger partial charge in [0.15, 0.2) is 0 Å². The summed E-state index contributed by atoms with van der Waals surface area (Å²) in [6, 6.07) is 28.2. The number of nitrogens with one attached hydrogen (secondary N) is 1. The van der Waals surface area contributed by atoms with E-state index in [1.807, 2.05) is 37.3 Å². The monoisotopic (exact) mass is 566 g/mol. The molecule has 0 bridgehead atoms. The van der Waals surface area contributed by atoms with Gasteiger partial charge < -0.3 is 9.73 Å². The number of amides is 1. The third-order valence-electron chi connectivity index (χ3n) is 5.95. The zero-order chi connectivity index (χ0) is 28.3. The molecule has 8 nitrogen and oxygen atoms in total. The third-order valence-corrected chi connectivity index (χ3v) is 7.88. The number of anilines is 1. The molecule has 2 aromatic heterocycles. The number of aryl methyl sites for hydroxylation is 1. The van der Waals surface area contributed by atoms with Crippen LogP contribution in [0.3, 0.4) is 0 Å². The highest BCUT2D eigenvalue weighted by Crippen LogP contribution is 2.37. The highest BCUT2D eigenvalue weighted by atomic mass is 32.2. The summed E-state index contributed by atoms with van der Waals surface area (Å²) in [7, 11) is -3.80. The second-order valence-corrected chi connectivity index (χ2v) is 11.4. The Balaban J connectivity index is 1.48. The number of carbonyl (C=O) groups is 1. The van der Waals surface area contributed by atoms with Crippen molar-refractivity contribution in [2.45, 2.75) is 11.8 Å². The second-order valence-electron chi connectivity index (χ2n) is 8.82. The molecule has 0 spiro atoms. The number of nitriles is 1. The Morgan fingerprint density at radius 3 is 2.30 bits per heavy atom. The zero-order valence-corrected chi connectivity index (χ0v) is 22.8. The van der Waals surface area contributed by atoms with Gasteiger partial charge >= 0.3 is 0 Å². The van der Waals surface area contributed by atoms with E-state index in [-0.39, 0.29) is 16.4 Å². The van der Waals surface area contributed by atoms with Crippen LogP contribution >= 0.6 is 11.3 Å². The SMILES string of the molecule is Cc1ccc(-c2nc(C(C#N)=Cc3ccc(-c4ccc(S(N)(=O)=O)cc4)o3)sc2NC(=O)c2ccccc2)cc1. The number of rotatable bonds is 7. The first-order valence-electron chi connectivity index (χ1n) is 12.0. The van der Waals surface area contributed by atoms with Crippen molar-refractivity contribution in [3.8, 4) is 28.7 Å². The lowest BCUT2D eigenvalue weighted by Crippen LogP contribution is -2.11. The number of thiazole rings is 1. The molecule has 3 aromatic carbocycles. The molecule has 0 aliphatic rings. The van der Waals surface area contributed by atoms with Crippen LogP contribution in [0.4, 0.5) is 5.00 Å². The Morgan fingerprint density at radius 1 is 0.975 bits per heavy atom. The molecule has 1 amide bonds. The Labute approximate surface area is 235 Å². The summed E-state index contributed by atoms with van der Waals surface area (Å²) in [5.74, 6) is 0.611. The molecule has 0 radical (unpaired) electrons. The average Bonchev–Trinajstić information content (AvgIpc) is 3.59. The van der Waals surface area contributed by atoms with E-state index in [1.54, 1.807) is 54.6 Å². The van der Waals surface area contributed by atoms with Crippen molar-refractivity contribution >= 4 is 43.9 Å². The van der Waals surface area contributed by atoms with E-state index in [0.29, 0.717) is 38.4 Å². The molecule has 40 heavy (non-hydrogen) atoms. The van der Waals surface area contributed by atoms with Crippen LogP contribution < -0.4 is 10.5 Å². The van der Waals surface area contributed by atoms with Gasteiger partial charge in [-0.2, -0.15) is 5.26 Å². The van der Waals surface area contributed by atoms with Gasteiger partial charge in [-0.3, -0.25) is 4.79 Å². The summed E-state index contributed by atoms with van der Waals surface area (Å²) in [4.78, 5) is 17.7. The first-order valence-corrected chi connectivity index (χ1v) is 14.4. The van der Waals surface area contributed by atoms with Gasteiger partial charge in [0.05, 0.1) is 10.5 Å². The number of carbonyl (C=O) groups excluding carboxylic acids is 1. The van der Waals surface area contributed by atoms with Gasteiger partial charge in [0.1, 0.15) is 33.3 Å². The predicted octanol–water partition coefficient (Wildman–Crippen LogP) is 6.34. The smallest absolute Gasteiger partial charge is 0.256 e. The molecule has 0 saturated heterocycles. The summed E-state index contributed by atoms with van der Waals surface area (Å²) in [5, 5.41) is 19.0. The van der Waals surface area contributed by atoms with Gasteiger partial charge in [-0.1, -0.05) is 59.4 Å². The summed E-state index contributed by atoms with van der Waals surface area (Å²) in [5.41, 5.74) is 3.84. The van der Waals surface area contributed by atoms with E-state index in [1.165, 1.54) is 23.5 Å². The maximum atomic E-state index is 12.9. The molecule has 5 rings (SSSR count). The molecule has 198 valence electrons. The minimum Gasteiger partial charge on any atom is -0.457 e. The fourth-order valence-electron chi connectivity index (χ4n) is 3.87. The van der Waals surface area contributed by atoms with Gasteiger partial charge in [0.2, 0.25) is 10.0 Å². The molecule has 0 saturated carbocycles. The van der Waals surface area contributed by atoms with Gasteiger partial charge in [0, 0.05) is 22.8 Å². The van der Waals surface area contributed by atoms with Crippen LogP contribution in [0.5, 0.6) is 0 Å². The molecular weight excluding hydrogens is 544 g/mol. The number of hydrogen-bond acceptors (Lipinski definition) is 7. The van der Waals surface area contributed by atoms with Crippen LogP contribution in [0.1, 0.15) is 26.7 Å². The molecule has 3 N–H and O–H groups in total. The predicted molar refractivity (Wildman–Crippen MR) is 156 cm³/mol. The van der Waals surface area contributed by atoms with Gasteiger partial charge in [-0.05, 0) is 55.5 Å². The number of nitrogens with zero attached hydrogens (tertiary/aromatic N) is 2. The maximum absolute atomic E-state index is 12.9. The zero-order valence-electron chi connectivity index (χ0n) is 21.2. The highest BCUT2D eigenvalue weighted by Gasteiger charge is 2.19. The van der Waals surface area contributed by atoms with Gasteiger partial charge in [-0.25, -0.2) is 18.5 Å². The van der Waals surface area contributed by atoms with Crippen LogP contribution in [0.15, 0.2) is 100 Å². The maximum Gasteiger partial charge on any atom is 0.256 e. The first kappa shape index (κ1) is 26.8. The quantitative estimate of drug-likeness (QED) is 0.220. The number of nitrogens with two attached hydrogens (primary N) is 1. The van der Waals surface area contributed by atoms with Crippen molar-refractivity contribution in [1.82, 2.24) is 4.98 Å². The standard InChI is InChI=1S/C30H22N4O4S2/c1-19-7-9-21(10-8-19)27-30(34-28(35)22-5-3-2-4-6-22)39-29(33-27)23(18-31)17-24-13-16-26(38-24)20-11-14-25(15-12-20)40(32,36)37/h2-17H,1H3,(H,34,35)(H2,32,36,37). The summed E-state index contributed by atoms with van der Waals surface area (Å²) >= 11 is 1.20. The van der Waals surface area contributed by atoms with Gasteiger partial charge in [0.25, 0.3) is 5.91 Å². The van der Waals surface area contributed by atoms with E-state index in [9.17, 15) is 18.5 Å². The van der Waals surface area contributed by atoms with E-state index in [4.69, 9.17) is 14.5 Å². The van der Waals surface area contributed by atoms with E-state index >= 15 is 0 Å². The van der Waals surface area contributed by atoms with Crippen molar-refractivity contribution in [3.63, 3.8) is 0 Å². The minimum atomic E-state index is -3.80. The molecular formula is C30H22N4O4S2. The number of allylic oxidation sites excluding steroid dienone is 1. The first-order chi connectivity index (χ1) is 19.2. The van der Waals surface area contributed by atoms with Crippen molar-refractivity contribution in [1.29, 1.82) is 5.26 Å². The number of sulfonamides is 1. The largest absolute Gasteiger partial charge is 0.457 e. The molecule has 0 aliphatic heterocycles. The van der Waals surface area contributed by atoms with E-state index < -0.39 is 10.0 Å². The average molecular weight is 567 g/mol. The second kappa shape index (κ2) is 11.1. The number of benzene rings is 3. The van der Waals surface area contributed by atoms with Gasteiger partial charge in [-0.15, -0.1) is 0 Å². The van der Waals surface area contributed by atoms with Crippen molar-refractivity contribution in [3.05, 3.63) is 113 Å². The molecule has 0 atom stereocenters. The van der Waals surface area contributed by atoms with Crippen molar-refractivity contribution in [2.24, 2.45) is 5.14 Å². The minimum absolute atomic E-state index is 0.00185. The normalized spacial score (nSPS) is 11.7. The lowest BCUT2D eigenvalue weighted by atomic mass is 10.1. The topological polar surface area (TPSA) is 139 Å². The highest BCUT2D eigenvalue weighted by molar-refractivity contribution is 7.89. The molecule has 0 aliphatic carbocycles. The fourth-order valence-corrected chi connectivity index (χ4v) is 5.33. The Kier molecular flexibility index (Phi) is 7.44. The number of furan rings is 1. The van der Waals surface area contributed by atoms with Crippen molar-refractivity contribution < 1.29 is 17.6 Å².